The van der Waals surface area contributed by atoms with E-state index in [1.165, 1.54) is 19.4 Å². The summed E-state index contributed by atoms with van der Waals surface area (Å²) >= 11 is 3.16. The van der Waals surface area contributed by atoms with Gasteiger partial charge in [-0.05, 0) is 28.1 Å². The molecule has 2 aromatic rings. The van der Waals surface area contributed by atoms with Gasteiger partial charge in [-0.25, -0.2) is 9.97 Å². The first-order chi connectivity index (χ1) is 8.63. The zero-order valence-electron chi connectivity index (χ0n) is 9.33. The molecule has 0 aliphatic carbocycles. The highest BCUT2D eigenvalue weighted by Crippen LogP contribution is 2.34. The van der Waals surface area contributed by atoms with E-state index in [2.05, 4.69) is 25.9 Å². The predicted molar refractivity (Wildman–Crippen MR) is 68.4 cm³/mol. The standard InChI is InChI=1S/C11H8BrN3O3/c1-18-11-8(3-2-4-13-11)10-9(15(16)17)5-7(12)6-14-10/h2-6H,1H3. The Balaban J connectivity index is 2.67. The second kappa shape index (κ2) is 5.09. The van der Waals surface area contributed by atoms with Crippen molar-refractivity contribution in [3.63, 3.8) is 0 Å². The van der Waals surface area contributed by atoms with Crippen LogP contribution in [0.4, 0.5) is 5.69 Å². The van der Waals surface area contributed by atoms with Gasteiger partial charge in [-0.3, -0.25) is 10.1 Å². The number of hydrogen-bond donors (Lipinski definition) is 0. The van der Waals surface area contributed by atoms with Gasteiger partial charge in [-0.1, -0.05) is 0 Å². The van der Waals surface area contributed by atoms with Crippen molar-refractivity contribution in [3.8, 4) is 17.1 Å². The fourth-order valence-electron chi connectivity index (χ4n) is 1.51. The molecular formula is C11H8BrN3O3. The van der Waals surface area contributed by atoms with E-state index in [0.717, 1.165) is 0 Å². The number of rotatable bonds is 3. The minimum Gasteiger partial charge on any atom is -0.481 e. The summed E-state index contributed by atoms with van der Waals surface area (Å²) in [5.41, 5.74) is 0.614. The number of ether oxygens (including phenoxy) is 1. The highest BCUT2D eigenvalue weighted by molar-refractivity contribution is 9.10. The van der Waals surface area contributed by atoms with Gasteiger partial charge in [0.2, 0.25) is 5.88 Å². The van der Waals surface area contributed by atoms with Crippen LogP contribution in [0.25, 0.3) is 11.3 Å². The second-order valence-corrected chi connectivity index (χ2v) is 4.25. The second-order valence-electron chi connectivity index (χ2n) is 3.34. The van der Waals surface area contributed by atoms with Gasteiger partial charge in [0.15, 0.2) is 5.69 Å². The SMILES string of the molecule is COc1ncccc1-c1ncc(Br)cc1[N+](=O)[O-]. The third-order valence-electron chi connectivity index (χ3n) is 2.25. The first kappa shape index (κ1) is 12.4. The van der Waals surface area contributed by atoms with E-state index >= 15 is 0 Å². The van der Waals surface area contributed by atoms with Crippen molar-refractivity contribution in [3.05, 3.63) is 45.2 Å². The number of pyridine rings is 2. The molecule has 0 saturated heterocycles. The molecule has 2 heterocycles. The molecule has 0 amide bonds. The van der Waals surface area contributed by atoms with Crippen LogP contribution in [-0.2, 0) is 0 Å². The average Bonchev–Trinajstić information content (AvgIpc) is 2.38. The van der Waals surface area contributed by atoms with Crippen molar-refractivity contribution in [1.82, 2.24) is 9.97 Å². The van der Waals surface area contributed by atoms with Crippen LogP contribution in [0.2, 0.25) is 0 Å². The highest BCUT2D eigenvalue weighted by atomic mass is 79.9. The van der Waals surface area contributed by atoms with E-state index < -0.39 is 4.92 Å². The molecule has 0 radical (unpaired) electrons. The topological polar surface area (TPSA) is 78.2 Å². The molecule has 2 aromatic heterocycles. The lowest BCUT2D eigenvalue weighted by Gasteiger charge is -2.06. The zero-order chi connectivity index (χ0) is 13.1. The number of halogens is 1. The summed E-state index contributed by atoms with van der Waals surface area (Å²) in [7, 11) is 1.45. The molecule has 0 bridgehead atoms. The summed E-state index contributed by atoms with van der Waals surface area (Å²) in [6.45, 7) is 0. The van der Waals surface area contributed by atoms with Gasteiger partial charge in [0.25, 0.3) is 5.69 Å². The van der Waals surface area contributed by atoms with E-state index in [1.54, 1.807) is 18.3 Å². The van der Waals surface area contributed by atoms with E-state index in [-0.39, 0.29) is 11.4 Å². The summed E-state index contributed by atoms with van der Waals surface area (Å²) in [6.07, 6.45) is 3.04. The molecule has 0 fully saturated rings. The predicted octanol–water partition coefficient (Wildman–Crippen LogP) is 2.82. The van der Waals surface area contributed by atoms with Crippen molar-refractivity contribution < 1.29 is 9.66 Å². The minimum atomic E-state index is -0.487. The largest absolute Gasteiger partial charge is 0.481 e. The van der Waals surface area contributed by atoms with Crippen LogP contribution in [0.5, 0.6) is 5.88 Å². The molecular weight excluding hydrogens is 302 g/mol. The van der Waals surface area contributed by atoms with Crippen LogP contribution >= 0.6 is 15.9 Å². The maximum atomic E-state index is 11.0. The first-order valence-electron chi connectivity index (χ1n) is 4.93. The number of nitro groups is 1. The molecule has 0 unspecified atom stereocenters. The van der Waals surface area contributed by atoms with Gasteiger partial charge < -0.3 is 4.74 Å². The molecule has 0 aliphatic heterocycles. The Kier molecular flexibility index (Phi) is 3.52. The average molecular weight is 310 g/mol. The fraction of sp³-hybridized carbons (Fsp3) is 0.0909. The molecule has 6 nitrogen and oxygen atoms in total. The summed E-state index contributed by atoms with van der Waals surface area (Å²) in [4.78, 5) is 18.6. The van der Waals surface area contributed by atoms with Crippen molar-refractivity contribution in [2.24, 2.45) is 0 Å². The molecule has 0 saturated carbocycles. The lowest BCUT2D eigenvalue weighted by Crippen LogP contribution is -1.97. The normalized spacial score (nSPS) is 10.1. The van der Waals surface area contributed by atoms with Crippen LogP contribution < -0.4 is 4.74 Å². The number of nitrogens with zero attached hydrogens (tertiary/aromatic N) is 3. The fourth-order valence-corrected chi connectivity index (χ4v) is 1.83. The van der Waals surface area contributed by atoms with Gasteiger partial charge in [-0.2, -0.15) is 0 Å². The van der Waals surface area contributed by atoms with Crippen LogP contribution in [0.1, 0.15) is 0 Å². The molecule has 92 valence electrons. The maximum Gasteiger partial charge on any atom is 0.296 e. The third-order valence-corrected chi connectivity index (χ3v) is 2.68. The van der Waals surface area contributed by atoms with E-state index in [4.69, 9.17) is 4.74 Å². The molecule has 2 rings (SSSR count). The van der Waals surface area contributed by atoms with Gasteiger partial charge in [-0.15, -0.1) is 0 Å². The summed E-state index contributed by atoms with van der Waals surface area (Å²) < 4.78 is 5.62. The first-order valence-corrected chi connectivity index (χ1v) is 5.72. The maximum absolute atomic E-state index is 11.0. The van der Waals surface area contributed by atoms with E-state index in [1.807, 2.05) is 0 Å². The number of hydrogen-bond acceptors (Lipinski definition) is 5. The van der Waals surface area contributed by atoms with Crippen LogP contribution in [0, 0.1) is 10.1 Å². The van der Waals surface area contributed by atoms with Crippen molar-refractivity contribution >= 4 is 21.6 Å². The Morgan fingerprint density at radius 1 is 1.44 bits per heavy atom. The summed E-state index contributed by atoms with van der Waals surface area (Å²) in [5, 5.41) is 11.0. The van der Waals surface area contributed by atoms with E-state index in [0.29, 0.717) is 15.9 Å². The molecule has 7 heteroatoms. The summed E-state index contributed by atoms with van der Waals surface area (Å²) in [5.74, 6) is 0.301. The van der Waals surface area contributed by atoms with Gasteiger partial charge >= 0.3 is 0 Å². The smallest absolute Gasteiger partial charge is 0.296 e. The number of methoxy groups -OCH3 is 1. The molecule has 0 spiro atoms. The van der Waals surface area contributed by atoms with Gasteiger partial charge in [0, 0.05) is 22.9 Å². The molecule has 18 heavy (non-hydrogen) atoms. The van der Waals surface area contributed by atoms with E-state index in [9.17, 15) is 10.1 Å². The Morgan fingerprint density at radius 2 is 2.22 bits per heavy atom. The Labute approximate surface area is 111 Å². The molecule has 0 aromatic carbocycles. The van der Waals surface area contributed by atoms with Crippen molar-refractivity contribution in [1.29, 1.82) is 0 Å². The zero-order valence-corrected chi connectivity index (χ0v) is 10.9. The van der Waals surface area contributed by atoms with Crippen LogP contribution in [0.15, 0.2) is 35.1 Å². The highest BCUT2D eigenvalue weighted by Gasteiger charge is 2.20. The van der Waals surface area contributed by atoms with Gasteiger partial charge in [0.1, 0.15) is 0 Å². The Hall–Kier alpha value is -2.02. The monoisotopic (exact) mass is 309 g/mol. The third kappa shape index (κ3) is 2.30. The molecule has 0 N–H and O–H groups in total. The minimum absolute atomic E-state index is 0.101. The quantitative estimate of drug-likeness (QED) is 0.643. The molecule has 0 aliphatic rings. The van der Waals surface area contributed by atoms with Crippen LogP contribution in [-0.4, -0.2) is 22.0 Å². The number of aromatic nitrogens is 2. The lowest BCUT2D eigenvalue weighted by molar-refractivity contribution is -0.384. The van der Waals surface area contributed by atoms with Crippen molar-refractivity contribution in [2.45, 2.75) is 0 Å². The van der Waals surface area contributed by atoms with Crippen molar-refractivity contribution in [2.75, 3.05) is 7.11 Å². The molecule has 0 atom stereocenters. The Morgan fingerprint density at radius 3 is 2.89 bits per heavy atom. The summed E-state index contributed by atoms with van der Waals surface area (Å²) in [6, 6.07) is 4.75. The van der Waals surface area contributed by atoms with Crippen LogP contribution in [0.3, 0.4) is 0 Å². The lowest BCUT2D eigenvalue weighted by atomic mass is 10.1. The Bertz CT molecular complexity index is 604. The van der Waals surface area contributed by atoms with Gasteiger partial charge in [0.05, 0.1) is 17.6 Å².